The standard InChI is InChI=1S/C23H39N5O.HI/c1-6-24-23(25-13-15-28(18(2)3)19(4)5)26-16-20-9-11-21(12-10-20)17-27-14-7-8-22(27)29;/h9-12,18-19H,6-8,13-17H2,1-5H3,(H2,24,25,26);1H. The SMILES string of the molecule is CCNC(=NCc1ccc(CN2CCCC2=O)cc1)NCCN(C(C)C)C(C)C.I. The van der Waals surface area contributed by atoms with Gasteiger partial charge in [0, 0.05) is 51.2 Å². The Morgan fingerprint density at radius 2 is 1.73 bits per heavy atom. The van der Waals surface area contributed by atoms with Crippen LogP contribution in [0.1, 0.15) is 58.6 Å². The molecule has 0 aromatic heterocycles. The van der Waals surface area contributed by atoms with Crippen molar-refractivity contribution in [3.05, 3.63) is 35.4 Å². The van der Waals surface area contributed by atoms with E-state index in [0.29, 0.717) is 25.0 Å². The van der Waals surface area contributed by atoms with Crippen molar-refractivity contribution in [1.29, 1.82) is 0 Å². The molecule has 0 saturated carbocycles. The first-order valence-electron chi connectivity index (χ1n) is 11.0. The Balaban J connectivity index is 0.00000450. The van der Waals surface area contributed by atoms with Gasteiger partial charge in [-0.05, 0) is 52.2 Å². The van der Waals surface area contributed by atoms with Gasteiger partial charge in [0.25, 0.3) is 0 Å². The third kappa shape index (κ3) is 8.79. The van der Waals surface area contributed by atoms with Crippen molar-refractivity contribution in [2.45, 2.75) is 72.6 Å². The van der Waals surface area contributed by atoms with E-state index in [1.807, 2.05) is 4.90 Å². The van der Waals surface area contributed by atoms with E-state index >= 15 is 0 Å². The van der Waals surface area contributed by atoms with Crippen LogP contribution >= 0.6 is 24.0 Å². The number of aliphatic imine (C=N–C) groups is 1. The zero-order chi connectivity index (χ0) is 21.2. The molecule has 1 saturated heterocycles. The fourth-order valence-corrected chi connectivity index (χ4v) is 3.77. The maximum Gasteiger partial charge on any atom is 0.222 e. The van der Waals surface area contributed by atoms with Gasteiger partial charge in [0.1, 0.15) is 0 Å². The van der Waals surface area contributed by atoms with E-state index in [9.17, 15) is 4.79 Å². The molecule has 170 valence electrons. The number of carbonyl (C=O) groups is 1. The van der Waals surface area contributed by atoms with Crippen LogP contribution in [-0.4, -0.2) is 59.9 Å². The van der Waals surface area contributed by atoms with Crippen molar-refractivity contribution in [2.75, 3.05) is 26.2 Å². The summed E-state index contributed by atoms with van der Waals surface area (Å²) in [5.74, 6) is 1.13. The van der Waals surface area contributed by atoms with Gasteiger partial charge in [-0.2, -0.15) is 0 Å². The van der Waals surface area contributed by atoms with E-state index in [1.165, 1.54) is 11.1 Å². The van der Waals surface area contributed by atoms with Crippen molar-refractivity contribution in [3.8, 4) is 0 Å². The molecule has 7 heteroatoms. The lowest BCUT2D eigenvalue weighted by molar-refractivity contribution is -0.128. The van der Waals surface area contributed by atoms with Crippen LogP contribution < -0.4 is 10.6 Å². The highest BCUT2D eigenvalue weighted by atomic mass is 127. The van der Waals surface area contributed by atoms with E-state index in [4.69, 9.17) is 4.99 Å². The molecule has 1 aromatic rings. The average Bonchev–Trinajstić information content (AvgIpc) is 3.08. The van der Waals surface area contributed by atoms with Crippen LogP contribution in [-0.2, 0) is 17.9 Å². The van der Waals surface area contributed by atoms with E-state index in [-0.39, 0.29) is 29.9 Å². The second-order valence-corrected chi connectivity index (χ2v) is 8.28. The number of guanidine groups is 1. The highest BCUT2D eigenvalue weighted by Crippen LogP contribution is 2.15. The van der Waals surface area contributed by atoms with Crippen molar-refractivity contribution < 1.29 is 4.79 Å². The number of nitrogens with zero attached hydrogens (tertiary/aromatic N) is 3. The van der Waals surface area contributed by atoms with Crippen molar-refractivity contribution >= 4 is 35.8 Å². The molecule has 1 heterocycles. The molecular weight excluding hydrogens is 489 g/mol. The molecule has 0 atom stereocenters. The second kappa shape index (κ2) is 13.9. The Kier molecular flexibility index (Phi) is 12.3. The molecule has 1 aromatic carbocycles. The van der Waals surface area contributed by atoms with Gasteiger partial charge >= 0.3 is 0 Å². The second-order valence-electron chi connectivity index (χ2n) is 8.28. The van der Waals surface area contributed by atoms with Crippen molar-refractivity contribution in [2.24, 2.45) is 4.99 Å². The Hall–Kier alpha value is -1.35. The molecule has 1 aliphatic rings. The third-order valence-electron chi connectivity index (χ3n) is 5.32. The molecule has 30 heavy (non-hydrogen) atoms. The van der Waals surface area contributed by atoms with Gasteiger partial charge in [-0.25, -0.2) is 4.99 Å². The first kappa shape index (κ1) is 26.7. The molecule has 2 rings (SSSR count). The van der Waals surface area contributed by atoms with Gasteiger partial charge in [0.15, 0.2) is 5.96 Å². The number of benzene rings is 1. The molecule has 0 radical (unpaired) electrons. The highest BCUT2D eigenvalue weighted by Gasteiger charge is 2.19. The monoisotopic (exact) mass is 529 g/mol. The number of carbonyl (C=O) groups excluding carboxylic acids is 1. The summed E-state index contributed by atoms with van der Waals surface area (Å²) in [6.45, 7) is 16.0. The van der Waals surface area contributed by atoms with Crippen LogP contribution in [0.15, 0.2) is 29.3 Å². The van der Waals surface area contributed by atoms with Crippen LogP contribution in [0, 0.1) is 0 Å². The van der Waals surface area contributed by atoms with Gasteiger partial charge in [0.05, 0.1) is 6.54 Å². The third-order valence-corrected chi connectivity index (χ3v) is 5.32. The minimum atomic E-state index is 0. The van der Waals surface area contributed by atoms with E-state index in [2.05, 4.69) is 74.4 Å². The number of halogens is 1. The predicted molar refractivity (Wildman–Crippen MR) is 136 cm³/mol. The minimum Gasteiger partial charge on any atom is -0.357 e. The molecule has 0 aliphatic carbocycles. The zero-order valence-corrected chi connectivity index (χ0v) is 21.6. The number of hydrogen-bond donors (Lipinski definition) is 2. The maximum atomic E-state index is 11.8. The lowest BCUT2D eigenvalue weighted by Gasteiger charge is -2.30. The fraction of sp³-hybridized carbons (Fsp3) is 0.652. The summed E-state index contributed by atoms with van der Waals surface area (Å²) in [6, 6.07) is 9.51. The summed E-state index contributed by atoms with van der Waals surface area (Å²) in [5.41, 5.74) is 2.35. The first-order chi connectivity index (χ1) is 13.9. The van der Waals surface area contributed by atoms with Gasteiger partial charge in [-0.15, -0.1) is 24.0 Å². The van der Waals surface area contributed by atoms with E-state index in [1.54, 1.807) is 0 Å². The van der Waals surface area contributed by atoms with Crippen molar-refractivity contribution in [3.63, 3.8) is 0 Å². The minimum absolute atomic E-state index is 0. The first-order valence-corrected chi connectivity index (χ1v) is 11.0. The largest absolute Gasteiger partial charge is 0.357 e. The number of rotatable bonds is 10. The summed E-state index contributed by atoms with van der Waals surface area (Å²) in [4.78, 5) is 20.9. The number of amides is 1. The van der Waals surface area contributed by atoms with Gasteiger partial charge in [-0.3, -0.25) is 9.69 Å². The molecule has 0 spiro atoms. The predicted octanol–water partition coefficient (Wildman–Crippen LogP) is 3.60. The topological polar surface area (TPSA) is 60.0 Å². The lowest BCUT2D eigenvalue weighted by Crippen LogP contribution is -2.45. The molecule has 1 amide bonds. The number of nitrogens with one attached hydrogen (secondary N) is 2. The normalized spacial score (nSPS) is 14.6. The van der Waals surface area contributed by atoms with Crippen LogP contribution in [0.3, 0.4) is 0 Å². The number of likely N-dealkylation sites (tertiary alicyclic amines) is 1. The number of hydrogen-bond acceptors (Lipinski definition) is 3. The van der Waals surface area contributed by atoms with E-state index in [0.717, 1.165) is 45.1 Å². The molecular formula is C23H40IN5O. The zero-order valence-electron chi connectivity index (χ0n) is 19.3. The summed E-state index contributed by atoms with van der Waals surface area (Å²) >= 11 is 0. The summed E-state index contributed by atoms with van der Waals surface area (Å²) in [5, 5.41) is 6.77. The summed E-state index contributed by atoms with van der Waals surface area (Å²) in [7, 11) is 0. The molecule has 1 fully saturated rings. The molecule has 0 unspecified atom stereocenters. The van der Waals surface area contributed by atoms with Crippen LogP contribution in [0.4, 0.5) is 0 Å². The molecule has 0 bridgehead atoms. The summed E-state index contributed by atoms with van der Waals surface area (Å²) < 4.78 is 0. The van der Waals surface area contributed by atoms with Gasteiger partial charge in [-0.1, -0.05) is 24.3 Å². The Bertz CT molecular complexity index is 652. The smallest absolute Gasteiger partial charge is 0.222 e. The summed E-state index contributed by atoms with van der Waals surface area (Å²) in [6.07, 6.45) is 1.68. The Morgan fingerprint density at radius 1 is 1.10 bits per heavy atom. The van der Waals surface area contributed by atoms with Crippen LogP contribution in [0.5, 0.6) is 0 Å². The molecule has 1 aliphatic heterocycles. The molecule has 6 nitrogen and oxygen atoms in total. The van der Waals surface area contributed by atoms with E-state index < -0.39 is 0 Å². The Morgan fingerprint density at radius 3 is 2.27 bits per heavy atom. The van der Waals surface area contributed by atoms with Crippen molar-refractivity contribution in [1.82, 2.24) is 20.4 Å². The quantitative estimate of drug-likeness (QED) is 0.276. The molecule has 2 N–H and O–H groups in total. The van der Waals surface area contributed by atoms with Crippen LogP contribution in [0.2, 0.25) is 0 Å². The fourth-order valence-electron chi connectivity index (χ4n) is 3.77. The van der Waals surface area contributed by atoms with Crippen LogP contribution in [0.25, 0.3) is 0 Å². The highest BCUT2D eigenvalue weighted by molar-refractivity contribution is 14.0. The lowest BCUT2D eigenvalue weighted by atomic mass is 10.1. The van der Waals surface area contributed by atoms with Gasteiger partial charge < -0.3 is 15.5 Å². The Labute approximate surface area is 199 Å². The van der Waals surface area contributed by atoms with Gasteiger partial charge in [0.2, 0.25) is 5.91 Å². The maximum absolute atomic E-state index is 11.8. The average molecular weight is 530 g/mol.